The normalized spacial score (nSPS) is 14.3. The number of aromatic nitrogens is 2. The second kappa shape index (κ2) is 7.59. The summed E-state index contributed by atoms with van der Waals surface area (Å²) in [6, 6.07) is 8.90. The molecular weight excluding hydrogens is 349 g/mol. The van der Waals surface area contributed by atoms with Crippen molar-refractivity contribution >= 4 is 17.5 Å². The summed E-state index contributed by atoms with van der Waals surface area (Å²) in [7, 11) is 0. The highest BCUT2D eigenvalue weighted by Crippen LogP contribution is 2.26. The Morgan fingerprint density at radius 1 is 1.12 bits per heavy atom. The maximum atomic E-state index is 12.4. The van der Waals surface area contributed by atoms with Crippen LogP contribution in [0, 0.1) is 0 Å². The third kappa shape index (κ3) is 4.84. The number of nitrogens with one attached hydrogen (secondary N) is 1. The lowest BCUT2D eigenvalue weighted by Gasteiger charge is -2.15. The highest BCUT2D eigenvalue weighted by molar-refractivity contribution is 5.91. The van der Waals surface area contributed by atoms with E-state index in [0.29, 0.717) is 0 Å². The number of nitrogens with zero attached hydrogens (tertiary/aromatic N) is 3. The average molecular weight is 366 g/mol. The first-order valence-electron chi connectivity index (χ1n) is 8.13. The van der Waals surface area contributed by atoms with E-state index in [1.165, 1.54) is 24.3 Å². The number of hydrogen-bond donors (Lipinski definition) is 1. The van der Waals surface area contributed by atoms with E-state index in [1.54, 1.807) is 12.1 Å². The zero-order chi connectivity index (χ0) is 18.6. The van der Waals surface area contributed by atoms with E-state index < -0.39 is 18.0 Å². The van der Waals surface area contributed by atoms with Gasteiger partial charge < -0.3 is 15.0 Å². The molecule has 3 rings (SSSR count). The van der Waals surface area contributed by atoms with Gasteiger partial charge in [-0.15, -0.1) is 23.4 Å². The fourth-order valence-electron chi connectivity index (χ4n) is 2.74. The van der Waals surface area contributed by atoms with Crippen molar-refractivity contribution in [2.24, 2.45) is 0 Å². The van der Waals surface area contributed by atoms with Crippen molar-refractivity contribution < 1.29 is 22.7 Å². The quantitative estimate of drug-likeness (QED) is 0.881. The third-order valence-corrected chi connectivity index (χ3v) is 3.90. The van der Waals surface area contributed by atoms with Crippen LogP contribution in [-0.2, 0) is 11.2 Å². The van der Waals surface area contributed by atoms with Gasteiger partial charge in [0.25, 0.3) is 0 Å². The number of carbonyl (C=O) groups excluding carboxylic acids is 1. The van der Waals surface area contributed by atoms with Gasteiger partial charge in [-0.25, -0.2) is 0 Å². The largest absolute Gasteiger partial charge is 0.573 e. The summed E-state index contributed by atoms with van der Waals surface area (Å²) >= 11 is 0. The van der Waals surface area contributed by atoms with Crippen LogP contribution < -0.4 is 15.0 Å². The molecule has 0 unspecified atom stereocenters. The molecule has 9 heteroatoms. The van der Waals surface area contributed by atoms with Gasteiger partial charge in [-0.1, -0.05) is 18.2 Å². The van der Waals surface area contributed by atoms with Crippen LogP contribution in [0.3, 0.4) is 0 Å². The second-order valence-electron chi connectivity index (χ2n) is 5.85. The van der Waals surface area contributed by atoms with Gasteiger partial charge in [0, 0.05) is 18.7 Å². The number of alkyl halides is 3. The van der Waals surface area contributed by atoms with Gasteiger partial charge in [-0.2, -0.15) is 0 Å². The van der Waals surface area contributed by atoms with E-state index in [0.717, 1.165) is 31.7 Å². The summed E-state index contributed by atoms with van der Waals surface area (Å²) < 4.78 is 41.2. The summed E-state index contributed by atoms with van der Waals surface area (Å²) in [5, 5.41) is 10.6. The van der Waals surface area contributed by atoms with Crippen LogP contribution >= 0.6 is 0 Å². The van der Waals surface area contributed by atoms with Gasteiger partial charge in [0.1, 0.15) is 5.75 Å². The predicted octanol–water partition coefficient (Wildman–Crippen LogP) is 3.16. The minimum Gasteiger partial charge on any atom is -0.405 e. The number of carbonyl (C=O) groups is 1. The Hall–Kier alpha value is -2.84. The lowest BCUT2D eigenvalue weighted by atomic mass is 10.1. The van der Waals surface area contributed by atoms with Gasteiger partial charge in [0.05, 0.1) is 6.42 Å². The zero-order valence-corrected chi connectivity index (χ0v) is 13.8. The van der Waals surface area contributed by atoms with E-state index in [-0.39, 0.29) is 17.8 Å². The van der Waals surface area contributed by atoms with Crippen LogP contribution in [0.2, 0.25) is 0 Å². The van der Waals surface area contributed by atoms with Gasteiger partial charge in [-0.3, -0.25) is 4.79 Å². The Morgan fingerprint density at radius 3 is 2.50 bits per heavy atom. The number of halogens is 3. The summed E-state index contributed by atoms with van der Waals surface area (Å²) in [6.45, 7) is 1.85. The molecule has 1 aliphatic rings. The maximum absolute atomic E-state index is 12.4. The molecule has 1 aliphatic heterocycles. The van der Waals surface area contributed by atoms with Gasteiger partial charge in [-0.05, 0) is 31.0 Å². The Labute approximate surface area is 148 Å². The first kappa shape index (κ1) is 18.0. The lowest BCUT2D eigenvalue weighted by molar-refractivity contribution is -0.274. The molecule has 1 saturated heterocycles. The lowest BCUT2D eigenvalue weighted by Crippen LogP contribution is -2.21. The fraction of sp³-hybridized carbons (Fsp3) is 0.353. The SMILES string of the molecule is O=C(Cc1ccccc1OC(F)(F)F)Nc1ccc(N2CCCC2)nn1. The third-order valence-electron chi connectivity index (χ3n) is 3.90. The summed E-state index contributed by atoms with van der Waals surface area (Å²) in [5.74, 6) is 0.0775. The van der Waals surface area contributed by atoms with Crippen LogP contribution in [0.1, 0.15) is 18.4 Å². The summed E-state index contributed by atoms with van der Waals surface area (Å²) in [4.78, 5) is 14.2. The molecule has 2 aromatic rings. The molecule has 138 valence electrons. The van der Waals surface area contributed by atoms with Crippen molar-refractivity contribution in [2.45, 2.75) is 25.6 Å². The van der Waals surface area contributed by atoms with Crippen LogP contribution in [0.4, 0.5) is 24.8 Å². The number of anilines is 2. The van der Waals surface area contributed by atoms with Crippen molar-refractivity contribution in [3.63, 3.8) is 0 Å². The molecule has 0 radical (unpaired) electrons. The molecular formula is C17H17F3N4O2. The Bertz CT molecular complexity index is 759. The number of para-hydroxylation sites is 1. The minimum atomic E-state index is -4.82. The van der Waals surface area contributed by atoms with E-state index in [2.05, 4.69) is 25.2 Å². The fourth-order valence-corrected chi connectivity index (χ4v) is 2.74. The zero-order valence-electron chi connectivity index (χ0n) is 13.8. The predicted molar refractivity (Wildman–Crippen MR) is 88.9 cm³/mol. The van der Waals surface area contributed by atoms with Gasteiger partial charge >= 0.3 is 6.36 Å². The smallest absolute Gasteiger partial charge is 0.405 e. The standard InChI is InChI=1S/C17H17F3N4O2/c18-17(19,20)26-13-6-2-1-5-12(13)11-16(25)21-14-7-8-15(23-22-14)24-9-3-4-10-24/h1-2,5-8H,3-4,9-11H2,(H,21,22,25). The molecule has 6 nitrogen and oxygen atoms in total. The van der Waals surface area contributed by atoms with Gasteiger partial charge in [0.2, 0.25) is 5.91 Å². The van der Waals surface area contributed by atoms with Crippen LogP contribution in [0.25, 0.3) is 0 Å². The Balaban J connectivity index is 1.62. The number of benzene rings is 1. The summed E-state index contributed by atoms with van der Waals surface area (Å²) in [5.41, 5.74) is 0.129. The molecule has 26 heavy (non-hydrogen) atoms. The molecule has 1 fully saturated rings. The number of rotatable bonds is 5. The van der Waals surface area contributed by atoms with Crippen molar-refractivity contribution in [3.05, 3.63) is 42.0 Å². The topological polar surface area (TPSA) is 67.3 Å². The monoisotopic (exact) mass is 366 g/mol. The molecule has 1 N–H and O–H groups in total. The van der Waals surface area contributed by atoms with E-state index >= 15 is 0 Å². The van der Waals surface area contributed by atoms with E-state index in [4.69, 9.17) is 0 Å². The van der Waals surface area contributed by atoms with E-state index in [9.17, 15) is 18.0 Å². The molecule has 0 atom stereocenters. The summed E-state index contributed by atoms with van der Waals surface area (Å²) in [6.07, 6.45) is -2.87. The molecule has 1 aromatic carbocycles. The first-order chi connectivity index (χ1) is 12.4. The second-order valence-corrected chi connectivity index (χ2v) is 5.85. The average Bonchev–Trinajstić information content (AvgIpc) is 3.10. The van der Waals surface area contributed by atoms with Gasteiger partial charge in [0.15, 0.2) is 11.6 Å². The minimum absolute atomic E-state index is 0.129. The molecule has 1 amide bonds. The van der Waals surface area contributed by atoms with E-state index in [1.807, 2.05) is 0 Å². The van der Waals surface area contributed by atoms with Crippen molar-refractivity contribution in [2.75, 3.05) is 23.3 Å². The Kier molecular flexibility index (Phi) is 5.24. The van der Waals surface area contributed by atoms with Crippen LogP contribution in [-0.4, -0.2) is 35.6 Å². The molecule has 0 spiro atoms. The van der Waals surface area contributed by atoms with Crippen molar-refractivity contribution in [1.82, 2.24) is 10.2 Å². The Morgan fingerprint density at radius 2 is 1.85 bits per heavy atom. The number of hydrogen-bond acceptors (Lipinski definition) is 5. The number of ether oxygens (including phenoxy) is 1. The highest BCUT2D eigenvalue weighted by atomic mass is 19.4. The van der Waals surface area contributed by atoms with Crippen molar-refractivity contribution in [3.8, 4) is 5.75 Å². The highest BCUT2D eigenvalue weighted by Gasteiger charge is 2.32. The molecule has 1 aromatic heterocycles. The van der Waals surface area contributed by atoms with Crippen LogP contribution in [0.15, 0.2) is 36.4 Å². The molecule has 0 aliphatic carbocycles. The first-order valence-corrected chi connectivity index (χ1v) is 8.13. The molecule has 0 bridgehead atoms. The number of amides is 1. The molecule has 0 saturated carbocycles. The maximum Gasteiger partial charge on any atom is 0.573 e. The van der Waals surface area contributed by atoms with Crippen LogP contribution in [0.5, 0.6) is 5.75 Å². The van der Waals surface area contributed by atoms with Crippen molar-refractivity contribution in [1.29, 1.82) is 0 Å². The molecule has 2 heterocycles.